The summed E-state index contributed by atoms with van der Waals surface area (Å²) in [7, 11) is 1.54. The van der Waals surface area contributed by atoms with Gasteiger partial charge in [0.2, 0.25) is 0 Å². The zero-order chi connectivity index (χ0) is 23.8. The average molecular weight is 463 g/mol. The molecule has 1 saturated heterocycles. The van der Waals surface area contributed by atoms with Gasteiger partial charge < -0.3 is 33.5 Å². The van der Waals surface area contributed by atoms with Crippen molar-refractivity contribution in [3.63, 3.8) is 0 Å². The largest absolute Gasteiger partial charge is 0.382 e. The third-order valence-corrected chi connectivity index (χ3v) is 5.89. The first kappa shape index (κ1) is 29.8. The maximum atomic E-state index is 11.6. The molecular formula is C25H50O7. The summed E-state index contributed by atoms with van der Waals surface area (Å²) >= 11 is 0. The van der Waals surface area contributed by atoms with Crippen molar-refractivity contribution < 1.29 is 33.5 Å². The molecule has 7 nitrogen and oxygen atoms in total. The summed E-state index contributed by atoms with van der Waals surface area (Å²) in [5, 5.41) is 11.6. The Morgan fingerprint density at radius 3 is 1.78 bits per heavy atom. The lowest BCUT2D eigenvalue weighted by Crippen LogP contribution is -2.58. The lowest BCUT2D eigenvalue weighted by Gasteiger charge is -2.39. The standard InChI is InChI=1S/C25H50O7/c1-7-11-15-28-19-20-21(29-16-12-8-2)22(30-17-13-9-3)23(31-18-14-10-4)25(5,26)24(27-6)32-20/h20-24,26H,7-19H2,1-6H3/t20-,21-,22+,23-,24+,25-/m1/s1. The van der Waals surface area contributed by atoms with E-state index in [1.54, 1.807) is 14.0 Å². The van der Waals surface area contributed by atoms with E-state index in [9.17, 15) is 5.11 Å². The van der Waals surface area contributed by atoms with Gasteiger partial charge in [-0.15, -0.1) is 0 Å². The molecule has 0 amide bonds. The minimum Gasteiger partial charge on any atom is -0.382 e. The molecule has 1 N–H and O–H groups in total. The van der Waals surface area contributed by atoms with Gasteiger partial charge >= 0.3 is 0 Å². The monoisotopic (exact) mass is 462 g/mol. The first-order chi connectivity index (χ1) is 15.5. The van der Waals surface area contributed by atoms with E-state index in [1.165, 1.54) is 0 Å². The Morgan fingerprint density at radius 1 is 0.750 bits per heavy atom. The summed E-state index contributed by atoms with van der Waals surface area (Å²) < 4.78 is 36.8. The van der Waals surface area contributed by atoms with Crippen LogP contribution >= 0.6 is 0 Å². The van der Waals surface area contributed by atoms with Gasteiger partial charge in [-0.05, 0) is 32.6 Å². The van der Waals surface area contributed by atoms with Crippen LogP contribution in [0.25, 0.3) is 0 Å². The third kappa shape index (κ3) is 9.53. The number of rotatable bonds is 18. The molecule has 1 aliphatic heterocycles. The van der Waals surface area contributed by atoms with Crippen LogP contribution in [-0.4, -0.2) is 81.6 Å². The molecule has 0 spiro atoms. The Bertz CT molecular complexity index is 446. The number of methoxy groups -OCH3 is 1. The summed E-state index contributed by atoms with van der Waals surface area (Å²) in [6, 6.07) is 0. The van der Waals surface area contributed by atoms with Crippen LogP contribution in [0.3, 0.4) is 0 Å². The van der Waals surface area contributed by atoms with Gasteiger partial charge in [0.15, 0.2) is 6.29 Å². The Labute approximate surface area is 196 Å². The Kier molecular flexibility index (Phi) is 16.0. The zero-order valence-electron chi connectivity index (χ0n) is 21.5. The van der Waals surface area contributed by atoms with Crippen LogP contribution in [0.1, 0.15) is 86.0 Å². The molecule has 0 aromatic heterocycles. The number of hydrogen-bond donors (Lipinski definition) is 1. The van der Waals surface area contributed by atoms with Crippen LogP contribution in [0.2, 0.25) is 0 Å². The quantitative estimate of drug-likeness (QED) is 0.301. The van der Waals surface area contributed by atoms with Gasteiger partial charge in [0, 0.05) is 33.5 Å². The molecule has 0 unspecified atom stereocenters. The summed E-state index contributed by atoms with van der Waals surface area (Å²) in [4.78, 5) is 0. The van der Waals surface area contributed by atoms with Crippen LogP contribution in [0, 0.1) is 0 Å². The van der Waals surface area contributed by atoms with Crippen LogP contribution in [0.5, 0.6) is 0 Å². The normalized spacial score (nSPS) is 31.0. The highest BCUT2D eigenvalue weighted by atomic mass is 16.7. The van der Waals surface area contributed by atoms with E-state index < -0.39 is 36.3 Å². The fourth-order valence-corrected chi connectivity index (χ4v) is 3.83. The van der Waals surface area contributed by atoms with Gasteiger partial charge in [-0.3, -0.25) is 0 Å². The number of unbranched alkanes of at least 4 members (excludes halogenated alkanes) is 4. The first-order valence-corrected chi connectivity index (χ1v) is 12.8. The van der Waals surface area contributed by atoms with E-state index >= 15 is 0 Å². The molecule has 0 aromatic rings. The second kappa shape index (κ2) is 17.2. The molecule has 0 aliphatic carbocycles. The van der Waals surface area contributed by atoms with Gasteiger partial charge in [0.05, 0.1) is 6.61 Å². The summed E-state index contributed by atoms with van der Waals surface area (Å²) in [6.07, 6.45) is 4.97. The number of aliphatic hydroxyl groups is 1. The molecule has 32 heavy (non-hydrogen) atoms. The summed E-state index contributed by atoms with van der Waals surface area (Å²) in [6.45, 7) is 12.9. The summed E-state index contributed by atoms with van der Waals surface area (Å²) in [5.74, 6) is 0. The number of ether oxygens (including phenoxy) is 6. The molecule has 0 bridgehead atoms. The van der Waals surface area contributed by atoms with Crippen molar-refractivity contribution in [1.29, 1.82) is 0 Å². The van der Waals surface area contributed by atoms with Crippen molar-refractivity contribution in [3.8, 4) is 0 Å². The predicted octanol–water partition coefficient (Wildman–Crippen LogP) is 4.48. The van der Waals surface area contributed by atoms with Gasteiger partial charge in [-0.25, -0.2) is 0 Å². The SMILES string of the molecule is CCCCOC[C@H]1O[C@H](OC)[C@](C)(O)[C@H](OCCCC)[C@@H](OCCCC)[C@@H]1OCCCC. The van der Waals surface area contributed by atoms with Crippen LogP contribution in [0.4, 0.5) is 0 Å². The predicted molar refractivity (Wildman–Crippen MR) is 126 cm³/mol. The van der Waals surface area contributed by atoms with E-state index in [1.807, 2.05) is 0 Å². The van der Waals surface area contributed by atoms with Gasteiger partial charge in [-0.1, -0.05) is 53.4 Å². The molecule has 6 atom stereocenters. The van der Waals surface area contributed by atoms with Gasteiger partial charge in [0.25, 0.3) is 0 Å². The first-order valence-electron chi connectivity index (χ1n) is 12.8. The third-order valence-electron chi connectivity index (χ3n) is 5.89. The minimum absolute atomic E-state index is 0.349. The number of hydrogen-bond acceptors (Lipinski definition) is 7. The maximum Gasteiger partial charge on any atom is 0.188 e. The van der Waals surface area contributed by atoms with Crippen molar-refractivity contribution in [3.05, 3.63) is 0 Å². The second-order valence-corrected chi connectivity index (χ2v) is 8.92. The maximum absolute atomic E-state index is 11.6. The average Bonchev–Trinajstić information content (AvgIpc) is 2.85. The van der Waals surface area contributed by atoms with E-state index in [0.29, 0.717) is 33.0 Å². The fraction of sp³-hybridized carbons (Fsp3) is 1.00. The van der Waals surface area contributed by atoms with Gasteiger partial charge in [0.1, 0.15) is 30.0 Å². The molecular weight excluding hydrogens is 412 g/mol. The lowest BCUT2D eigenvalue weighted by atomic mass is 9.90. The lowest BCUT2D eigenvalue weighted by molar-refractivity contribution is -0.268. The molecule has 0 saturated carbocycles. The van der Waals surface area contributed by atoms with E-state index in [4.69, 9.17) is 28.4 Å². The molecule has 1 heterocycles. The topological polar surface area (TPSA) is 75.6 Å². The Balaban J connectivity index is 3.24. The van der Waals surface area contributed by atoms with Crippen LogP contribution in [0.15, 0.2) is 0 Å². The molecule has 1 aliphatic rings. The molecule has 0 radical (unpaired) electrons. The van der Waals surface area contributed by atoms with Crippen LogP contribution in [-0.2, 0) is 28.4 Å². The Morgan fingerprint density at radius 2 is 1.25 bits per heavy atom. The molecule has 0 aromatic carbocycles. The minimum atomic E-state index is -1.41. The highest BCUT2D eigenvalue weighted by Crippen LogP contribution is 2.35. The molecule has 1 rings (SSSR count). The highest BCUT2D eigenvalue weighted by Gasteiger charge is 2.55. The fourth-order valence-electron chi connectivity index (χ4n) is 3.83. The van der Waals surface area contributed by atoms with Crippen molar-refractivity contribution in [2.75, 3.05) is 40.1 Å². The van der Waals surface area contributed by atoms with Crippen LogP contribution < -0.4 is 0 Å². The Hall–Kier alpha value is -0.280. The molecule has 7 heteroatoms. The van der Waals surface area contributed by atoms with Crippen molar-refractivity contribution in [2.45, 2.75) is 122 Å². The molecule has 1 fully saturated rings. The van der Waals surface area contributed by atoms with E-state index in [0.717, 1.165) is 51.4 Å². The van der Waals surface area contributed by atoms with E-state index in [-0.39, 0.29) is 0 Å². The highest BCUT2D eigenvalue weighted by molar-refractivity contribution is 5.01. The van der Waals surface area contributed by atoms with E-state index in [2.05, 4.69) is 27.7 Å². The zero-order valence-corrected chi connectivity index (χ0v) is 21.5. The van der Waals surface area contributed by atoms with Crippen molar-refractivity contribution in [2.24, 2.45) is 0 Å². The van der Waals surface area contributed by atoms with Crippen molar-refractivity contribution in [1.82, 2.24) is 0 Å². The molecule has 192 valence electrons. The smallest absolute Gasteiger partial charge is 0.188 e. The van der Waals surface area contributed by atoms with Crippen molar-refractivity contribution >= 4 is 0 Å². The summed E-state index contributed by atoms with van der Waals surface area (Å²) in [5.41, 5.74) is -1.41. The van der Waals surface area contributed by atoms with Gasteiger partial charge in [-0.2, -0.15) is 0 Å². The second-order valence-electron chi connectivity index (χ2n) is 8.92.